The van der Waals surface area contributed by atoms with Crippen LogP contribution in [0.1, 0.15) is 31.4 Å². The number of rotatable bonds is 12. The average molecular weight is 656 g/mol. The Hall–Kier alpha value is -4.95. The second-order valence-electron chi connectivity index (χ2n) is 10.8. The second-order valence-corrected chi connectivity index (χ2v) is 10.8. The van der Waals surface area contributed by atoms with E-state index in [9.17, 15) is 32.3 Å². The fourth-order valence-electron chi connectivity index (χ4n) is 5.23. The van der Waals surface area contributed by atoms with E-state index in [0.717, 1.165) is 12.6 Å². The lowest BCUT2D eigenvalue weighted by atomic mass is 9.87. The zero-order valence-corrected chi connectivity index (χ0v) is 26.3. The van der Waals surface area contributed by atoms with E-state index in [0.29, 0.717) is 35.1 Å². The number of halogens is 3. The molecule has 0 bridgehead atoms. The van der Waals surface area contributed by atoms with E-state index >= 15 is 0 Å². The normalized spacial score (nSPS) is 15.7. The summed E-state index contributed by atoms with van der Waals surface area (Å²) >= 11 is 0. The van der Waals surface area contributed by atoms with E-state index in [-0.39, 0.29) is 17.9 Å². The Labute approximate surface area is 270 Å². The van der Waals surface area contributed by atoms with Crippen molar-refractivity contribution in [3.8, 4) is 0 Å². The largest absolute Gasteiger partial charge is 0.471 e. The molecule has 1 aliphatic heterocycles. The van der Waals surface area contributed by atoms with Gasteiger partial charge < -0.3 is 35.2 Å². The standard InChI is InChI=1S/C33H36F3N5O6/c1-5-46-28(47-6-2)20-41-26-10-8-7-9-25(26)32(29(41)43,39-31(45)38-23-13-11-21(3)12-14-23)19-27(42)37-22-15-17-24(18-16-22)40(4)30(44)33(34,35)36/h7-18,28H,5-6,19-20H2,1-4H3,(H,37,42)(H2,38,39,45). The minimum Gasteiger partial charge on any atom is -0.351 e. The van der Waals surface area contributed by atoms with Gasteiger partial charge >= 0.3 is 18.1 Å². The van der Waals surface area contributed by atoms with Crippen LogP contribution in [0.15, 0.2) is 72.8 Å². The summed E-state index contributed by atoms with van der Waals surface area (Å²) in [7, 11) is 0.983. The zero-order valence-electron chi connectivity index (χ0n) is 26.3. The minimum absolute atomic E-state index is 0.0201. The van der Waals surface area contributed by atoms with Gasteiger partial charge in [0.1, 0.15) is 0 Å². The maximum atomic E-state index is 14.4. The van der Waals surface area contributed by atoms with Gasteiger partial charge in [0.05, 0.1) is 18.7 Å². The lowest BCUT2D eigenvalue weighted by Gasteiger charge is -2.30. The molecular formula is C33H36F3N5O6. The van der Waals surface area contributed by atoms with Crippen LogP contribution in [0.25, 0.3) is 0 Å². The van der Waals surface area contributed by atoms with Crippen molar-refractivity contribution in [2.75, 3.05) is 47.2 Å². The third kappa shape index (κ3) is 8.07. The fourth-order valence-corrected chi connectivity index (χ4v) is 5.23. The number of urea groups is 1. The number of nitrogens with zero attached hydrogens (tertiary/aromatic N) is 2. The SMILES string of the molecule is CCOC(CN1C(=O)C(CC(=O)Nc2ccc(N(C)C(=O)C(F)(F)F)cc2)(NC(=O)Nc2ccc(C)cc2)c2ccccc21)OCC. The number of alkyl halides is 3. The van der Waals surface area contributed by atoms with Gasteiger partial charge in [0.25, 0.3) is 5.91 Å². The van der Waals surface area contributed by atoms with Gasteiger partial charge in [-0.1, -0.05) is 35.9 Å². The molecule has 14 heteroatoms. The molecule has 0 saturated heterocycles. The average Bonchev–Trinajstić information content (AvgIpc) is 3.24. The van der Waals surface area contributed by atoms with Gasteiger partial charge in [-0.3, -0.25) is 14.4 Å². The van der Waals surface area contributed by atoms with Gasteiger partial charge in [-0.25, -0.2) is 4.79 Å². The molecule has 3 aromatic rings. The predicted octanol–water partition coefficient (Wildman–Crippen LogP) is 5.31. The lowest BCUT2D eigenvalue weighted by Crippen LogP contribution is -2.56. The number of fused-ring (bicyclic) bond motifs is 1. The summed E-state index contributed by atoms with van der Waals surface area (Å²) in [5, 5.41) is 8.11. The molecule has 0 aromatic heterocycles. The van der Waals surface area contributed by atoms with Crippen LogP contribution >= 0.6 is 0 Å². The van der Waals surface area contributed by atoms with E-state index in [2.05, 4.69) is 16.0 Å². The van der Waals surface area contributed by atoms with E-state index in [1.54, 1.807) is 62.4 Å². The van der Waals surface area contributed by atoms with E-state index < -0.39 is 48.2 Å². The number of ether oxygens (including phenoxy) is 2. The van der Waals surface area contributed by atoms with Crippen molar-refractivity contribution in [1.29, 1.82) is 0 Å². The third-order valence-corrected chi connectivity index (χ3v) is 7.45. The first-order valence-corrected chi connectivity index (χ1v) is 14.8. The molecule has 0 spiro atoms. The Morgan fingerprint density at radius 3 is 2.06 bits per heavy atom. The van der Waals surface area contributed by atoms with Crippen LogP contribution in [0.5, 0.6) is 0 Å². The molecule has 1 aliphatic rings. The Bertz CT molecular complexity index is 1590. The van der Waals surface area contributed by atoms with Crippen molar-refractivity contribution >= 4 is 46.5 Å². The van der Waals surface area contributed by atoms with E-state index in [4.69, 9.17) is 9.47 Å². The monoisotopic (exact) mass is 655 g/mol. The zero-order chi connectivity index (χ0) is 34.4. The van der Waals surface area contributed by atoms with Crippen molar-refractivity contribution in [2.24, 2.45) is 0 Å². The number of para-hydroxylation sites is 1. The molecule has 250 valence electrons. The maximum absolute atomic E-state index is 14.4. The number of carbonyl (C=O) groups excluding carboxylic acids is 4. The summed E-state index contributed by atoms with van der Waals surface area (Å²) in [6, 6.07) is 18.1. The second kappa shape index (κ2) is 14.6. The third-order valence-electron chi connectivity index (χ3n) is 7.45. The van der Waals surface area contributed by atoms with Crippen LogP contribution in [0.2, 0.25) is 0 Å². The quantitative estimate of drug-likeness (QED) is 0.227. The van der Waals surface area contributed by atoms with E-state index in [1.165, 1.54) is 29.2 Å². The molecule has 3 N–H and O–H groups in total. The summed E-state index contributed by atoms with van der Waals surface area (Å²) in [6.07, 6.45) is -6.38. The number of nitrogens with one attached hydrogen (secondary N) is 3. The number of benzene rings is 3. The molecule has 4 rings (SSSR count). The maximum Gasteiger partial charge on any atom is 0.471 e. The van der Waals surface area contributed by atoms with Crippen molar-refractivity contribution in [1.82, 2.24) is 5.32 Å². The summed E-state index contributed by atoms with van der Waals surface area (Å²) in [6.45, 7) is 6.09. The molecule has 3 aromatic carbocycles. The molecule has 0 fully saturated rings. The van der Waals surface area contributed by atoms with Gasteiger partial charge in [0.15, 0.2) is 11.8 Å². The lowest BCUT2D eigenvalue weighted by molar-refractivity contribution is -0.170. The first-order chi connectivity index (χ1) is 22.3. The van der Waals surface area contributed by atoms with Crippen LogP contribution in [0.3, 0.4) is 0 Å². The highest BCUT2D eigenvalue weighted by Crippen LogP contribution is 2.43. The highest BCUT2D eigenvalue weighted by atomic mass is 19.4. The smallest absolute Gasteiger partial charge is 0.351 e. The van der Waals surface area contributed by atoms with E-state index in [1.807, 2.05) is 6.92 Å². The van der Waals surface area contributed by atoms with Crippen molar-refractivity contribution < 1.29 is 41.8 Å². The highest BCUT2D eigenvalue weighted by molar-refractivity contribution is 6.13. The number of hydrogen-bond acceptors (Lipinski definition) is 6. The fraction of sp³-hybridized carbons (Fsp3) is 0.333. The molecular weight excluding hydrogens is 619 g/mol. The molecule has 47 heavy (non-hydrogen) atoms. The number of anilines is 4. The number of carbonyl (C=O) groups is 4. The minimum atomic E-state index is -5.06. The van der Waals surface area contributed by atoms with Crippen LogP contribution in [-0.4, -0.2) is 63.0 Å². The van der Waals surface area contributed by atoms with Gasteiger partial charge in [0, 0.05) is 42.9 Å². The molecule has 5 amide bonds. The number of aryl methyl sites for hydroxylation is 1. The molecule has 0 radical (unpaired) electrons. The molecule has 1 unspecified atom stereocenters. The predicted molar refractivity (Wildman–Crippen MR) is 170 cm³/mol. The van der Waals surface area contributed by atoms with Gasteiger partial charge in [-0.15, -0.1) is 0 Å². The molecule has 0 saturated carbocycles. The topological polar surface area (TPSA) is 129 Å². The van der Waals surface area contributed by atoms with Crippen molar-refractivity contribution in [3.05, 3.63) is 83.9 Å². The molecule has 0 aliphatic carbocycles. The molecule has 11 nitrogen and oxygen atoms in total. The Kier molecular flexibility index (Phi) is 10.9. The van der Waals surface area contributed by atoms with Crippen LogP contribution in [0, 0.1) is 6.92 Å². The first-order valence-electron chi connectivity index (χ1n) is 14.8. The summed E-state index contributed by atoms with van der Waals surface area (Å²) in [5.74, 6) is -3.32. The van der Waals surface area contributed by atoms with Crippen LogP contribution < -0.4 is 25.8 Å². The molecule has 1 heterocycles. The van der Waals surface area contributed by atoms with Crippen molar-refractivity contribution in [2.45, 2.75) is 45.2 Å². The van der Waals surface area contributed by atoms with Crippen molar-refractivity contribution in [3.63, 3.8) is 0 Å². The van der Waals surface area contributed by atoms with Gasteiger partial charge in [-0.05, 0) is 63.2 Å². The molecule has 1 atom stereocenters. The highest BCUT2D eigenvalue weighted by Gasteiger charge is 2.53. The Morgan fingerprint density at radius 1 is 0.894 bits per heavy atom. The summed E-state index contributed by atoms with van der Waals surface area (Å²) in [4.78, 5) is 54.9. The number of hydrogen-bond donors (Lipinski definition) is 3. The van der Waals surface area contributed by atoms with Crippen LogP contribution in [-0.2, 0) is 29.4 Å². The van der Waals surface area contributed by atoms with Gasteiger partial charge in [-0.2, -0.15) is 13.2 Å². The first kappa shape index (κ1) is 34.9. The number of amides is 5. The Balaban J connectivity index is 1.64. The van der Waals surface area contributed by atoms with Gasteiger partial charge in [0.2, 0.25) is 5.91 Å². The van der Waals surface area contributed by atoms with Crippen LogP contribution in [0.4, 0.5) is 40.7 Å². The summed E-state index contributed by atoms with van der Waals surface area (Å²) < 4.78 is 50.0. The summed E-state index contributed by atoms with van der Waals surface area (Å²) in [5.41, 5.74) is 0.534. The Morgan fingerprint density at radius 2 is 1.47 bits per heavy atom.